The average molecular weight is 288 g/mol. The first kappa shape index (κ1) is 15.4. The second-order valence-electron chi connectivity index (χ2n) is 4.90. The van der Waals surface area contributed by atoms with Crippen molar-refractivity contribution in [1.29, 1.82) is 5.26 Å². The van der Waals surface area contributed by atoms with Crippen molar-refractivity contribution in [3.05, 3.63) is 65.0 Å². The van der Waals surface area contributed by atoms with E-state index in [0.29, 0.717) is 16.9 Å². The monoisotopic (exact) mass is 288 g/mol. The Morgan fingerprint density at radius 1 is 1.09 bits per heavy atom. The Kier molecular flexibility index (Phi) is 5.40. The van der Waals surface area contributed by atoms with Crippen LogP contribution in [0.3, 0.4) is 0 Å². The van der Waals surface area contributed by atoms with Gasteiger partial charge in [0.15, 0.2) is 0 Å². The minimum atomic E-state index is 0.321. The Labute approximate surface area is 130 Å². The summed E-state index contributed by atoms with van der Waals surface area (Å²) in [5.74, 6) is 0. The molecule has 4 heteroatoms. The number of azo groups is 1. The van der Waals surface area contributed by atoms with E-state index in [4.69, 9.17) is 11.8 Å². The van der Waals surface area contributed by atoms with E-state index in [2.05, 4.69) is 34.1 Å². The number of nitrogens with zero attached hydrogens (tertiary/aromatic N) is 4. The van der Waals surface area contributed by atoms with Crippen LogP contribution in [0.4, 0.5) is 17.1 Å². The van der Waals surface area contributed by atoms with Gasteiger partial charge in [-0.3, -0.25) is 0 Å². The molecule has 0 saturated carbocycles. The molecule has 0 heterocycles. The molecule has 4 nitrogen and oxygen atoms in total. The highest BCUT2D eigenvalue weighted by molar-refractivity contribution is 5.63. The summed E-state index contributed by atoms with van der Waals surface area (Å²) in [5.41, 5.74) is 3.30. The van der Waals surface area contributed by atoms with Crippen LogP contribution in [-0.2, 0) is 6.42 Å². The molecule has 0 spiro atoms. The van der Waals surface area contributed by atoms with Crippen LogP contribution in [0, 0.1) is 17.9 Å². The number of benzene rings is 2. The molecule has 0 aliphatic carbocycles. The van der Waals surface area contributed by atoms with Crippen molar-refractivity contribution in [2.45, 2.75) is 26.2 Å². The largest absolute Gasteiger partial charge is 0.237 e. The van der Waals surface area contributed by atoms with Gasteiger partial charge in [0.05, 0.1) is 29.6 Å². The van der Waals surface area contributed by atoms with Crippen LogP contribution in [0.1, 0.15) is 30.9 Å². The first-order chi connectivity index (χ1) is 10.8. The van der Waals surface area contributed by atoms with Gasteiger partial charge in [0, 0.05) is 0 Å². The zero-order valence-electron chi connectivity index (χ0n) is 12.5. The topological polar surface area (TPSA) is 52.9 Å². The number of hydrogen-bond donors (Lipinski definition) is 0. The van der Waals surface area contributed by atoms with Crippen LogP contribution < -0.4 is 0 Å². The molecule has 0 atom stereocenters. The van der Waals surface area contributed by atoms with Crippen LogP contribution in [0.15, 0.2) is 52.7 Å². The highest BCUT2D eigenvalue weighted by Gasteiger charge is 2.02. The minimum absolute atomic E-state index is 0.321. The molecule has 2 rings (SSSR count). The van der Waals surface area contributed by atoms with Crippen molar-refractivity contribution >= 4 is 17.1 Å². The molecule has 0 aromatic heterocycles. The predicted octanol–water partition coefficient (Wildman–Crippen LogP) is 5.87. The molecule has 0 aliphatic heterocycles. The van der Waals surface area contributed by atoms with Crippen molar-refractivity contribution in [3.63, 3.8) is 0 Å². The third kappa shape index (κ3) is 4.01. The number of aryl methyl sites for hydroxylation is 1. The van der Waals surface area contributed by atoms with Crippen molar-refractivity contribution in [2.75, 3.05) is 0 Å². The smallest absolute Gasteiger partial charge is 0.204 e. The molecule has 22 heavy (non-hydrogen) atoms. The summed E-state index contributed by atoms with van der Waals surface area (Å²) < 4.78 is 0. The Morgan fingerprint density at radius 2 is 1.77 bits per heavy atom. The van der Waals surface area contributed by atoms with Gasteiger partial charge in [0.2, 0.25) is 5.69 Å². The molecule has 2 aromatic carbocycles. The van der Waals surface area contributed by atoms with Gasteiger partial charge in [-0.05, 0) is 42.7 Å². The fourth-order valence-electron chi connectivity index (χ4n) is 2.00. The number of unbranched alkanes of at least 4 members (excludes halogenated alkanes) is 1. The Balaban J connectivity index is 2.12. The predicted molar refractivity (Wildman–Crippen MR) is 86.6 cm³/mol. The van der Waals surface area contributed by atoms with E-state index in [1.807, 2.05) is 18.2 Å². The highest BCUT2D eigenvalue weighted by atomic mass is 15.1. The number of hydrogen-bond acceptors (Lipinski definition) is 3. The summed E-state index contributed by atoms with van der Waals surface area (Å²) in [4.78, 5) is 3.29. The molecule has 0 bridgehead atoms. The van der Waals surface area contributed by atoms with E-state index in [1.165, 1.54) is 18.4 Å². The summed E-state index contributed by atoms with van der Waals surface area (Å²) >= 11 is 0. The summed E-state index contributed by atoms with van der Waals surface area (Å²) in [7, 11) is 0. The normalized spacial score (nSPS) is 10.3. The molecule has 0 N–H and O–H groups in total. The lowest BCUT2D eigenvalue weighted by Gasteiger charge is -2.00. The van der Waals surface area contributed by atoms with E-state index in [0.717, 1.165) is 12.1 Å². The van der Waals surface area contributed by atoms with Gasteiger partial charge in [-0.15, -0.1) is 0 Å². The molecule has 108 valence electrons. The maximum absolute atomic E-state index is 8.99. The van der Waals surface area contributed by atoms with Gasteiger partial charge in [-0.1, -0.05) is 31.5 Å². The van der Waals surface area contributed by atoms with E-state index >= 15 is 0 Å². The number of rotatable bonds is 5. The first-order valence-electron chi connectivity index (χ1n) is 7.19. The van der Waals surface area contributed by atoms with E-state index in [1.54, 1.807) is 18.2 Å². The molecule has 2 aromatic rings. The highest BCUT2D eigenvalue weighted by Crippen LogP contribution is 2.25. The Hall–Kier alpha value is -2.98. The maximum Gasteiger partial charge on any atom is 0.204 e. The molecular formula is C18H16N4. The quantitative estimate of drug-likeness (QED) is 0.501. The summed E-state index contributed by atoms with van der Waals surface area (Å²) in [5, 5.41) is 17.3. The summed E-state index contributed by atoms with van der Waals surface area (Å²) in [6.45, 7) is 9.16. The van der Waals surface area contributed by atoms with E-state index in [9.17, 15) is 0 Å². The first-order valence-corrected chi connectivity index (χ1v) is 7.19. The zero-order valence-corrected chi connectivity index (χ0v) is 12.5. The maximum atomic E-state index is 8.99. The van der Waals surface area contributed by atoms with Gasteiger partial charge in [-0.2, -0.15) is 15.5 Å². The molecule has 0 radical (unpaired) electrons. The lowest BCUT2D eigenvalue weighted by Crippen LogP contribution is -1.82. The van der Waals surface area contributed by atoms with E-state index in [-0.39, 0.29) is 0 Å². The molecule has 0 saturated heterocycles. The van der Waals surface area contributed by atoms with Crippen LogP contribution in [0.5, 0.6) is 0 Å². The molecule has 0 aliphatic rings. The molecule has 0 unspecified atom stereocenters. The van der Waals surface area contributed by atoms with Gasteiger partial charge in [0.1, 0.15) is 0 Å². The minimum Gasteiger partial charge on any atom is -0.237 e. The molecule has 0 amide bonds. The van der Waals surface area contributed by atoms with Gasteiger partial charge < -0.3 is 0 Å². The fraction of sp³-hybridized carbons (Fsp3) is 0.222. The van der Waals surface area contributed by atoms with Gasteiger partial charge >= 0.3 is 0 Å². The van der Waals surface area contributed by atoms with Crippen LogP contribution in [-0.4, -0.2) is 0 Å². The third-order valence-electron chi connectivity index (χ3n) is 3.26. The Bertz CT molecular complexity index is 746. The lowest BCUT2D eigenvalue weighted by molar-refractivity contribution is 0.795. The van der Waals surface area contributed by atoms with Crippen LogP contribution in [0.25, 0.3) is 4.85 Å². The standard InChI is InChI=1S/C18H16N4/c1-3-4-5-14-6-8-16(9-7-14)21-22-17-10-11-18(20-2)15(12-17)13-19/h6-12H,3-5H2,1H3. The van der Waals surface area contributed by atoms with Crippen molar-refractivity contribution in [3.8, 4) is 6.07 Å². The van der Waals surface area contributed by atoms with Crippen LogP contribution in [0.2, 0.25) is 0 Å². The second-order valence-corrected chi connectivity index (χ2v) is 4.90. The lowest BCUT2D eigenvalue weighted by atomic mass is 10.1. The van der Waals surface area contributed by atoms with Crippen LogP contribution >= 0.6 is 0 Å². The second kappa shape index (κ2) is 7.71. The third-order valence-corrected chi connectivity index (χ3v) is 3.26. The van der Waals surface area contributed by atoms with E-state index < -0.39 is 0 Å². The number of nitriles is 1. The summed E-state index contributed by atoms with van der Waals surface area (Å²) in [6.07, 6.45) is 3.45. The van der Waals surface area contributed by atoms with Gasteiger partial charge in [0.25, 0.3) is 0 Å². The average Bonchev–Trinajstić information content (AvgIpc) is 2.58. The zero-order chi connectivity index (χ0) is 15.8. The fourth-order valence-corrected chi connectivity index (χ4v) is 2.00. The SMILES string of the molecule is [C-]#[N+]c1ccc(N=Nc2ccc(CCCC)cc2)cc1C#N. The molecular weight excluding hydrogens is 272 g/mol. The van der Waals surface area contributed by atoms with Crippen molar-refractivity contribution in [2.24, 2.45) is 10.2 Å². The summed E-state index contributed by atoms with van der Waals surface area (Å²) in [6, 6.07) is 14.9. The van der Waals surface area contributed by atoms with Crippen molar-refractivity contribution < 1.29 is 0 Å². The van der Waals surface area contributed by atoms with Crippen molar-refractivity contribution in [1.82, 2.24) is 0 Å². The Morgan fingerprint density at radius 3 is 2.41 bits per heavy atom. The molecule has 0 fully saturated rings. The van der Waals surface area contributed by atoms with Gasteiger partial charge in [-0.25, -0.2) is 4.85 Å².